The van der Waals surface area contributed by atoms with E-state index in [1.54, 1.807) is 6.20 Å². The first kappa shape index (κ1) is 10.5. The third-order valence-corrected chi connectivity index (χ3v) is 3.46. The van der Waals surface area contributed by atoms with E-state index in [2.05, 4.69) is 21.6 Å². The molecule has 1 fully saturated rings. The van der Waals surface area contributed by atoms with Crippen molar-refractivity contribution in [2.24, 2.45) is 5.73 Å². The lowest BCUT2D eigenvalue weighted by Gasteiger charge is -2.19. The molecular formula is C13H16N4. The van der Waals surface area contributed by atoms with Gasteiger partial charge in [-0.1, -0.05) is 18.2 Å². The molecule has 1 saturated carbocycles. The van der Waals surface area contributed by atoms with Gasteiger partial charge in [0.1, 0.15) is 0 Å². The van der Waals surface area contributed by atoms with Crippen LogP contribution in [0.1, 0.15) is 19.3 Å². The highest BCUT2D eigenvalue weighted by atomic mass is 15.1. The Hall–Kier alpha value is -1.68. The molecule has 1 aromatic heterocycles. The van der Waals surface area contributed by atoms with E-state index in [-0.39, 0.29) is 6.04 Å². The summed E-state index contributed by atoms with van der Waals surface area (Å²) in [6.45, 7) is 0. The number of aromatic nitrogens is 2. The first-order chi connectivity index (χ1) is 8.34. The van der Waals surface area contributed by atoms with Crippen LogP contribution in [0, 0.1) is 0 Å². The molecule has 0 spiro atoms. The number of hydrogen-bond acceptors (Lipinski definition) is 4. The van der Waals surface area contributed by atoms with Gasteiger partial charge >= 0.3 is 0 Å². The predicted octanol–water partition coefficient (Wildman–Crippen LogP) is 1.92. The summed E-state index contributed by atoms with van der Waals surface area (Å²) in [5.41, 5.74) is 8.03. The van der Waals surface area contributed by atoms with Gasteiger partial charge in [0, 0.05) is 17.5 Å². The van der Waals surface area contributed by atoms with Gasteiger partial charge < -0.3 is 11.1 Å². The van der Waals surface area contributed by atoms with Crippen molar-refractivity contribution in [3.05, 3.63) is 30.5 Å². The van der Waals surface area contributed by atoms with Crippen molar-refractivity contribution >= 4 is 16.6 Å². The summed E-state index contributed by atoms with van der Waals surface area (Å²) in [6, 6.07) is 8.64. The molecule has 1 aromatic carbocycles. The number of anilines is 1. The molecule has 2 unspecified atom stereocenters. The van der Waals surface area contributed by atoms with Gasteiger partial charge in [0.05, 0.1) is 17.4 Å². The van der Waals surface area contributed by atoms with Crippen LogP contribution >= 0.6 is 0 Å². The summed E-state index contributed by atoms with van der Waals surface area (Å²) in [4.78, 5) is 0. The normalized spacial score (nSPS) is 24.1. The molecule has 3 rings (SSSR count). The maximum Gasteiger partial charge on any atom is 0.0950 e. The first-order valence-electron chi connectivity index (χ1n) is 6.07. The maximum atomic E-state index is 6.07. The number of rotatable bonds is 2. The Labute approximate surface area is 100 Å². The van der Waals surface area contributed by atoms with Crippen molar-refractivity contribution in [1.82, 2.24) is 10.2 Å². The Bertz CT molecular complexity index is 520. The SMILES string of the molecule is NC1CCCC1Nc1cnnc2ccccc12. The molecule has 0 bridgehead atoms. The van der Waals surface area contributed by atoms with Gasteiger partial charge in [0.2, 0.25) is 0 Å². The summed E-state index contributed by atoms with van der Waals surface area (Å²) in [7, 11) is 0. The predicted molar refractivity (Wildman–Crippen MR) is 68.8 cm³/mol. The smallest absolute Gasteiger partial charge is 0.0950 e. The van der Waals surface area contributed by atoms with Crippen LogP contribution in [0.3, 0.4) is 0 Å². The second kappa shape index (κ2) is 4.30. The molecule has 0 aliphatic heterocycles. The molecule has 17 heavy (non-hydrogen) atoms. The lowest BCUT2D eigenvalue weighted by Crippen LogP contribution is -2.35. The second-order valence-electron chi connectivity index (χ2n) is 4.62. The van der Waals surface area contributed by atoms with Gasteiger partial charge in [-0.25, -0.2) is 0 Å². The fraction of sp³-hybridized carbons (Fsp3) is 0.385. The molecule has 2 aromatic rings. The monoisotopic (exact) mass is 228 g/mol. The summed E-state index contributed by atoms with van der Waals surface area (Å²) in [5, 5.41) is 12.8. The zero-order chi connectivity index (χ0) is 11.7. The third kappa shape index (κ3) is 1.96. The van der Waals surface area contributed by atoms with E-state index < -0.39 is 0 Å². The average molecular weight is 228 g/mol. The van der Waals surface area contributed by atoms with Crippen LogP contribution in [-0.2, 0) is 0 Å². The topological polar surface area (TPSA) is 63.8 Å². The molecular weight excluding hydrogens is 212 g/mol. The van der Waals surface area contributed by atoms with Crippen LogP contribution in [0.4, 0.5) is 5.69 Å². The summed E-state index contributed by atoms with van der Waals surface area (Å²) < 4.78 is 0. The minimum absolute atomic E-state index is 0.252. The number of fused-ring (bicyclic) bond motifs is 1. The Morgan fingerprint density at radius 1 is 1.24 bits per heavy atom. The maximum absolute atomic E-state index is 6.07. The Kier molecular flexibility index (Phi) is 2.65. The van der Waals surface area contributed by atoms with E-state index in [9.17, 15) is 0 Å². The molecule has 1 aliphatic rings. The van der Waals surface area contributed by atoms with Crippen LogP contribution in [0.25, 0.3) is 10.9 Å². The first-order valence-corrected chi connectivity index (χ1v) is 6.07. The largest absolute Gasteiger partial charge is 0.379 e. The summed E-state index contributed by atoms with van der Waals surface area (Å²) in [6.07, 6.45) is 5.23. The van der Waals surface area contributed by atoms with Crippen LogP contribution in [0.15, 0.2) is 30.5 Å². The van der Waals surface area contributed by atoms with E-state index in [1.807, 2.05) is 18.2 Å². The Morgan fingerprint density at radius 3 is 2.94 bits per heavy atom. The fourth-order valence-electron chi connectivity index (χ4n) is 2.49. The van der Waals surface area contributed by atoms with Crippen molar-refractivity contribution in [2.45, 2.75) is 31.3 Å². The molecule has 4 heteroatoms. The van der Waals surface area contributed by atoms with E-state index >= 15 is 0 Å². The van der Waals surface area contributed by atoms with Gasteiger partial charge in [-0.2, -0.15) is 10.2 Å². The quantitative estimate of drug-likeness (QED) is 0.824. The van der Waals surface area contributed by atoms with Crippen molar-refractivity contribution in [3.63, 3.8) is 0 Å². The van der Waals surface area contributed by atoms with Gasteiger partial charge in [-0.05, 0) is 25.3 Å². The van der Waals surface area contributed by atoms with Crippen molar-refractivity contribution in [3.8, 4) is 0 Å². The van der Waals surface area contributed by atoms with Gasteiger partial charge in [-0.15, -0.1) is 0 Å². The van der Waals surface area contributed by atoms with Gasteiger partial charge in [0.15, 0.2) is 0 Å². The van der Waals surface area contributed by atoms with Crippen molar-refractivity contribution in [1.29, 1.82) is 0 Å². The molecule has 1 aliphatic carbocycles. The van der Waals surface area contributed by atoms with Gasteiger partial charge in [-0.3, -0.25) is 0 Å². The van der Waals surface area contributed by atoms with E-state index in [4.69, 9.17) is 5.73 Å². The molecule has 0 amide bonds. The average Bonchev–Trinajstić information content (AvgIpc) is 2.76. The molecule has 0 saturated heterocycles. The van der Waals surface area contributed by atoms with Crippen molar-refractivity contribution < 1.29 is 0 Å². The zero-order valence-electron chi connectivity index (χ0n) is 9.63. The van der Waals surface area contributed by atoms with Crippen LogP contribution in [0.2, 0.25) is 0 Å². The minimum atomic E-state index is 0.252. The number of nitrogens with two attached hydrogens (primary N) is 1. The minimum Gasteiger partial charge on any atom is -0.379 e. The Morgan fingerprint density at radius 2 is 2.12 bits per heavy atom. The summed E-state index contributed by atoms with van der Waals surface area (Å²) >= 11 is 0. The van der Waals surface area contributed by atoms with Crippen LogP contribution < -0.4 is 11.1 Å². The van der Waals surface area contributed by atoms with Crippen LogP contribution in [0.5, 0.6) is 0 Å². The molecule has 2 atom stereocenters. The standard InChI is InChI=1S/C13H16N4/c14-10-5-3-7-12(10)16-13-8-15-17-11-6-2-1-4-9(11)13/h1-2,4,6,8,10,12H,3,5,7,14H2,(H,16,17). The van der Waals surface area contributed by atoms with E-state index in [0.717, 1.165) is 29.4 Å². The highest BCUT2D eigenvalue weighted by Gasteiger charge is 2.24. The molecule has 4 nitrogen and oxygen atoms in total. The van der Waals surface area contributed by atoms with E-state index in [1.165, 1.54) is 6.42 Å². The zero-order valence-corrected chi connectivity index (χ0v) is 9.63. The molecule has 0 radical (unpaired) electrons. The highest BCUT2D eigenvalue weighted by Crippen LogP contribution is 2.25. The lowest BCUT2D eigenvalue weighted by atomic mass is 10.1. The molecule has 1 heterocycles. The fourth-order valence-corrected chi connectivity index (χ4v) is 2.49. The lowest BCUT2D eigenvalue weighted by molar-refractivity contribution is 0.638. The third-order valence-electron chi connectivity index (χ3n) is 3.46. The second-order valence-corrected chi connectivity index (χ2v) is 4.62. The molecule has 88 valence electrons. The number of nitrogens with one attached hydrogen (secondary N) is 1. The van der Waals surface area contributed by atoms with Crippen molar-refractivity contribution in [2.75, 3.05) is 5.32 Å². The van der Waals surface area contributed by atoms with Gasteiger partial charge in [0.25, 0.3) is 0 Å². The Balaban J connectivity index is 1.94. The van der Waals surface area contributed by atoms with Crippen LogP contribution in [-0.4, -0.2) is 22.3 Å². The highest BCUT2D eigenvalue weighted by molar-refractivity contribution is 5.90. The summed E-state index contributed by atoms with van der Waals surface area (Å²) in [5.74, 6) is 0. The molecule has 3 N–H and O–H groups in total. The number of benzene rings is 1. The number of nitrogens with zero attached hydrogens (tertiary/aromatic N) is 2. The number of hydrogen-bond donors (Lipinski definition) is 2. The van der Waals surface area contributed by atoms with E-state index in [0.29, 0.717) is 6.04 Å².